The molecule has 0 aromatic carbocycles. The summed E-state index contributed by atoms with van der Waals surface area (Å²) in [6.07, 6.45) is 5.01. The molecule has 0 bridgehead atoms. The molecule has 0 atom stereocenters. The number of nitrogens with zero attached hydrogens (tertiary/aromatic N) is 3. The Hall–Kier alpha value is -2.33. The molecule has 0 unspecified atom stereocenters. The highest BCUT2D eigenvalue weighted by molar-refractivity contribution is 7.54. The average Bonchev–Trinajstić information content (AvgIpc) is 3.41. The van der Waals surface area contributed by atoms with Gasteiger partial charge in [0.15, 0.2) is 0 Å². The first-order valence-corrected chi connectivity index (χ1v) is 13.2. The Labute approximate surface area is 203 Å². The lowest BCUT2D eigenvalue weighted by molar-refractivity contribution is -0.161. The summed E-state index contributed by atoms with van der Waals surface area (Å²) in [6, 6.07) is 3.90. The molecule has 0 N–H and O–H groups in total. The maximum Gasteiger partial charge on any atom is 0.340 e. The molecule has 10 nitrogen and oxygen atoms in total. The van der Waals surface area contributed by atoms with Crippen molar-refractivity contribution >= 4 is 30.9 Å². The number of aromatic nitrogens is 3. The molecule has 0 fully saturated rings. The number of carbonyl (C=O) groups excluding carboxylic acids is 2. The number of carbonyl (C=O) groups is 2. The highest BCUT2D eigenvalue weighted by Gasteiger charge is 2.29. The second-order valence-electron chi connectivity index (χ2n) is 9.43. The molecular formula is C22H32N3O7PS. The van der Waals surface area contributed by atoms with E-state index in [1.807, 2.05) is 17.5 Å². The van der Waals surface area contributed by atoms with Crippen LogP contribution in [0.25, 0.3) is 10.6 Å². The van der Waals surface area contributed by atoms with Crippen molar-refractivity contribution in [3.05, 3.63) is 35.9 Å². The van der Waals surface area contributed by atoms with Crippen LogP contribution in [0.3, 0.4) is 0 Å². The molecule has 0 amide bonds. The topological polar surface area (TPSA) is 119 Å². The average molecular weight is 514 g/mol. The lowest BCUT2D eigenvalue weighted by atomic mass is 9.98. The first kappa shape index (κ1) is 27.9. The summed E-state index contributed by atoms with van der Waals surface area (Å²) in [5, 5.41) is 10.2. The predicted molar refractivity (Wildman–Crippen MR) is 128 cm³/mol. The Bertz CT molecular complexity index is 984. The Balaban J connectivity index is 1.94. The van der Waals surface area contributed by atoms with Crippen LogP contribution in [0.5, 0.6) is 0 Å². The van der Waals surface area contributed by atoms with Gasteiger partial charge in [0, 0.05) is 0 Å². The van der Waals surface area contributed by atoms with E-state index in [0.29, 0.717) is 6.54 Å². The van der Waals surface area contributed by atoms with Gasteiger partial charge in [-0.3, -0.25) is 23.2 Å². The third-order valence-electron chi connectivity index (χ3n) is 4.20. The van der Waals surface area contributed by atoms with Gasteiger partial charge >= 0.3 is 19.5 Å². The van der Waals surface area contributed by atoms with Crippen molar-refractivity contribution in [3.8, 4) is 10.6 Å². The van der Waals surface area contributed by atoms with Crippen molar-refractivity contribution in [1.29, 1.82) is 0 Å². The summed E-state index contributed by atoms with van der Waals surface area (Å²) in [7, 11) is -3.78. The van der Waals surface area contributed by atoms with Gasteiger partial charge < -0.3 is 9.47 Å². The minimum atomic E-state index is -3.78. The maximum atomic E-state index is 13.1. The standard InChI is InChI=1S/C22H32N3O7PS/c1-21(2,3)19(26)29-15-31-33(28,32-16-30-20(27)22(4,5)6)12-8-7-11-25-14-17(23-24-25)18-10-9-13-34-18/h7-10,13-14H,11-12,15-16H2,1-6H3/b8-7+. The summed E-state index contributed by atoms with van der Waals surface area (Å²) in [5.74, 6) is -1.03. The number of esters is 2. The van der Waals surface area contributed by atoms with Gasteiger partial charge in [-0.2, -0.15) is 0 Å². The molecule has 0 saturated heterocycles. The van der Waals surface area contributed by atoms with Crippen LogP contribution < -0.4 is 0 Å². The molecule has 0 aliphatic heterocycles. The highest BCUT2D eigenvalue weighted by Crippen LogP contribution is 2.48. The van der Waals surface area contributed by atoms with Gasteiger partial charge in [-0.15, -0.1) is 16.4 Å². The summed E-state index contributed by atoms with van der Waals surface area (Å²) < 4.78 is 35.4. The fourth-order valence-corrected chi connectivity index (χ4v) is 4.00. The zero-order valence-corrected chi connectivity index (χ0v) is 22.1. The summed E-state index contributed by atoms with van der Waals surface area (Å²) in [6.45, 7) is 9.41. The van der Waals surface area contributed by atoms with Crippen LogP contribution in [-0.4, -0.2) is 46.7 Å². The number of hydrogen-bond donors (Lipinski definition) is 0. The quantitative estimate of drug-likeness (QED) is 0.179. The van der Waals surface area contributed by atoms with Crippen molar-refractivity contribution < 1.29 is 32.7 Å². The minimum Gasteiger partial charge on any atom is -0.438 e. The van der Waals surface area contributed by atoms with Crippen molar-refractivity contribution in [2.75, 3.05) is 19.7 Å². The molecule has 0 spiro atoms. The summed E-state index contributed by atoms with van der Waals surface area (Å²) >= 11 is 1.57. The van der Waals surface area contributed by atoms with E-state index < -0.39 is 44.0 Å². The van der Waals surface area contributed by atoms with Crippen LogP contribution in [0, 0.1) is 10.8 Å². The lowest BCUT2D eigenvalue weighted by Gasteiger charge is -2.21. The van der Waals surface area contributed by atoms with Crippen LogP contribution >= 0.6 is 18.9 Å². The molecule has 0 aliphatic rings. The van der Waals surface area contributed by atoms with E-state index in [1.165, 1.54) is 0 Å². The van der Waals surface area contributed by atoms with Gasteiger partial charge in [0.05, 0.1) is 34.6 Å². The molecule has 2 aromatic heterocycles. The third-order valence-corrected chi connectivity index (χ3v) is 6.75. The SMILES string of the molecule is CC(C)(C)C(=O)OCOP(=O)(C/C=C/Cn1cc(-c2cccs2)nn1)OCOC(=O)C(C)(C)C. The van der Waals surface area contributed by atoms with Crippen LogP contribution in [-0.2, 0) is 39.2 Å². The Morgan fingerprint density at radius 3 is 2.12 bits per heavy atom. The Morgan fingerprint density at radius 2 is 1.62 bits per heavy atom. The van der Waals surface area contributed by atoms with Gasteiger partial charge in [-0.1, -0.05) is 23.4 Å². The molecule has 188 valence electrons. The van der Waals surface area contributed by atoms with Gasteiger partial charge in [-0.25, -0.2) is 4.68 Å². The lowest BCUT2D eigenvalue weighted by Crippen LogP contribution is -2.25. The monoisotopic (exact) mass is 513 g/mol. The Kier molecular flexibility index (Phi) is 9.75. The number of rotatable bonds is 11. The first-order valence-electron chi connectivity index (χ1n) is 10.6. The van der Waals surface area contributed by atoms with Gasteiger partial charge in [0.2, 0.25) is 13.6 Å². The molecule has 2 heterocycles. The van der Waals surface area contributed by atoms with Crippen molar-refractivity contribution in [1.82, 2.24) is 15.0 Å². The van der Waals surface area contributed by atoms with Crippen LogP contribution in [0.1, 0.15) is 41.5 Å². The largest absolute Gasteiger partial charge is 0.438 e. The predicted octanol–water partition coefficient (Wildman–Crippen LogP) is 4.88. The molecule has 34 heavy (non-hydrogen) atoms. The smallest absolute Gasteiger partial charge is 0.340 e. The normalized spacial score (nSPS) is 12.8. The van der Waals surface area contributed by atoms with Crippen molar-refractivity contribution in [2.24, 2.45) is 10.8 Å². The summed E-state index contributed by atoms with van der Waals surface area (Å²) in [4.78, 5) is 24.9. The zero-order valence-electron chi connectivity index (χ0n) is 20.3. The molecule has 2 rings (SSSR count). The Morgan fingerprint density at radius 1 is 1.03 bits per heavy atom. The number of thiophene rings is 1. The second-order valence-corrected chi connectivity index (χ2v) is 12.5. The van der Waals surface area contributed by atoms with Gasteiger partial charge in [-0.05, 0) is 53.0 Å². The minimum absolute atomic E-state index is 0.125. The van der Waals surface area contributed by atoms with Crippen molar-refractivity contribution in [2.45, 2.75) is 48.1 Å². The molecule has 0 saturated carbocycles. The van der Waals surface area contributed by atoms with E-state index in [1.54, 1.807) is 75.9 Å². The van der Waals surface area contributed by atoms with Crippen LogP contribution in [0.2, 0.25) is 0 Å². The highest BCUT2D eigenvalue weighted by atomic mass is 32.1. The molecule has 0 radical (unpaired) electrons. The van der Waals surface area contributed by atoms with Gasteiger partial charge in [0.25, 0.3) is 0 Å². The molecular weight excluding hydrogens is 481 g/mol. The fourth-order valence-electron chi connectivity index (χ4n) is 2.21. The maximum absolute atomic E-state index is 13.1. The second kappa shape index (κ2) is 11.9. The van der Waals surface area contributed by atoms with E-state index >= 15 is 0 Å². The zero-order chi connectivity index (χ0) is 25.4. The van der Waals surface area contributed by atoms with E-state index in [2.05, 4.69) is 10.3 Å². The summed E-state index contributed by atoms with van der Waals surface area (Å²) in [5.41, 5.74) is -0.714. The molecule has 12 heteroatoms. The van der Waals surface area contributed by atoms with Gasteiger partial charge in [0.1, 0.15) is 5.69 Å². The van der Waals surface area contributed by atoms with E-state index in [-0.39, 0.29) is 6.16 Å². The molecule has 0 aliphatic carbocycles. The number of ether oxygens (including phenoxy) is 2. The van der Waals surface area contributed by atoms with E-state index in [0.717, 1.165) is 10.6 Å². The van der Waals surface area contributed by atoms with Crippen molar-refractivity contribution in [3.63, 3.8) is 0 Å². The van der Waals surface area contributed by atoms with E-state index in [9.17, 15) is 14.2 Å². The van der Waals surface area contributed by atoms with E-state index in [4.69, 9.17) is 18.5 Å². The first-order chi connectivity index (χ1) is 15.8. The van der Waals surface area contributed by atoms with Crippen LogP contribution in [0.4, 0.5) is 0 Å². The fraction of sp³-hybridized carbons (Fsp3) is 0.545. The number of allylic oxidation sites excluding steroid dienone is 2. The van der Waals surface area contributed by atoms with Crippen LogP contribution in [0.15, 0.2) is 35.9 Å². The molecule has 2 aromatic rings. The third kappa shape index (κ3) is 9.13. The number of hydrogen-bond acceptors (Lipinski definition) is 10.